The number of rotatable bonds is 4. The van der Waals surface area contributed by atoms with Gasteiger partial charge in [0.05, 0.1) is 12.1 Å². The van der Waals surface area contributed by atoms with Gasteiger partial charge in [0, 0.05) is 35.5 Å². The molecule has 0 amide bonds. The van der Waals surface area contributed by atoms with Crippen molar-refractivity contribution in [1.29, 1.82) is 0 Å². The van der Waals surface area contributed by atoms with E-state index < -0.39 is 0 Å². The third-order valence-corrected chi connectivity index (χ3v) is 4.78. The fraction of sp³-hybridized carbons (Fsp3) is 0.190. The van der Waals surface area contributed by atoms with Gasteiger partial charge in [-0.15, -0.1) is 0 Å². The van der Waals surface area contributed by atoms with Crippen molar-refractivity contribution in [2.75, 3.05) is 0 Å². The van der Waals surface area contributed by atoms with E-state index in [1.54, 1.807) is 10.9 Å². The zero-order chi connectivity index (χ0) is 18.1. The van der Waals surface area contributed by atoms with E-state index in [-0.39, 0.29) is 5.91 Å². The van der Waals surface area contributed by atoms with Crippen molar-refractivity contribution in [2.45, 2.75) is 26.7 Å². The van der Waals surface area contributed by atoms with Gasteiger partial charge < -0.3 is 4.98 Å². The van der Waals surface area contributed by atoms with Gasteiger partial charge in [-0.25, -0.2) is 9.67 Å². The van der Waals surface area contributed by atoms with E-state index in [2.05, 4.69) is 21.1 Å². The molecule has 5 heteroatoms. The summed E-state index contributed by atoms with van der Waals surface area (Å²) in [6.45, 7) is 3.92. The van der Waals surface area contributed by atoms with Crippen molar-refractivity contribution in [3.8, 4) is 0 Å². The number of hydrogen-bond acceptors (Lipinski definition) is 3. The van der Waals surface area contributed by atoms with E-state index in [1.807, 2.05) is 56.4 Å². The lowest BCUT2D eigenvalue weighted by Gasteiger charge is -2.05. The van der Waals surface area contributed by atoms with Crippen LogP contribution in [0.2, 0.25) is 0 Å². The number of H-pyrrole nitrogens is 1. The molecule has 5 nitrogen and oxygen atoms in total. The summed E-state index contributed by atoms with van der Waals surface area (Å²) in [5.74, 6) is -0.0105. The molecule has 0 unspecified atom stereocenters. The maximum Gasteiger partial charge on any atom is 0.251 e. The third-order valence-electron chi connectivity index (χ3n) is 4.78. The van der Waals surface area contributed by atoms with Crippen LogP contribution in [0.3, 0.4) is 0 Å². The number of nitrogens with one attached hydrogen (secondary N) is 1. The Hall–Kier alpha value is -3.21. The lowest BCUT2D eigenvalue weighted by molar-refractivity contribution is 0.0895. The van der Waals surface area contributed by atoms with Gasteiger partial charge in [-0.3, -0.25) is 4.79 Å². The van der Waals surface area contributed by atoms with E-state index in [0.717, 1.165) is 45.5 Å². The molecule has 0 aliphatic heterocycles. The number of fused-ring (bicyclic) bond motifs is 1. The average molecular weight is 344 g/mol. The summed E-state index contributed by atoms with van der Waals surface area (Å²) in [6, 6.07) is 13.8. The number of carbonyl (C=O) groups is 1. The smallest absolute Gasteiger partial charge is 0.251 e. The number of benzene rings is 1. The topological polar surface area (TPSA) is 63.6 Å². The number of carbonyl (C=O) groups excluding carboxylic acids is 1. The summed E-state index contributed by atoms with van der Waals surface area (Å²) >= 11 is 0. The molecule has 4 aromatic rings. The summed E-state index contributed by atoms with van der Waals surface area (Å²) in [5.41, 5.74) is 5.93. The first-order valence-electron chi connectivity index (χ1n) is 8.66. The number of aromatic nitrogens is 4. The molecule has 0 bridgehead atoms. The second-order valence-corrected chi connectivity index (χ2v) is 6.51. The minimum absolute atomic E-state index is 0.0105. The maximum absolute atomic E-state index is 12.7. The highest BCUT2D eigenvalue weighted by molar-refractivity contribution is 5.82. The van der Waals surface area contributed by atoms with E-state index in [9.17, 15) is 4.79 Å². The van der Waals surface area contributed by atoms with Crippen LogP contribution in [0.5, 0.6) is 0 Å². The van der Waals surface area contributed by atoms with Crippen LogP contribution in [0.25, 0.3) is 11.0 Å². The lowest BCUT2D eigenvalue weighted by atomic mass is 10.0. The number of aryl methyl sites for hydroxylation is 1. The quantitative estimate of drug-likeness (QED) is 0.611. The van der Waals surface area contributed by atoms with Gasteiger partial charge in [0.15, 0.2) is 0 Å². The molecule has 0 atom stereocenters. The Labute approximate surface area is 151 Å². The summed E-state index contributed by atoms with van der Waals surface area (Å²) < 4.78 is 1.55. The largest absolute Gasteiger partial charge is 0.346 e. The second-order valence-electron chi connectivity index (χ2n) is 6.51. The molecule has 130 valence electrons. The minimum Gasteiger partial charge on any atom is -0.346 e. The minimum atomic E-state index is -0.0105. The van der Waals surface area contributed by atoms with Crippen molar-refractivity contribution in [2.24, 2.45) is 0 Å². The maximum atomic E-state index is 12.7. The first kappa shape index (κ1) is 16.3. The molecule has 26 heavy (non-hydrogen) atoms. The Morgan fingerprint density at radius 2 is 1.92 bits per heavy atom. The molecule has 3 heterocycles. The molecule has 0 saturated carbocycles. The molecule has 0 aliphatic carbocycles. The first-order valence-corrected chi connectivity index (χ1v) is 8.66. The number of aromatic amines is 1. The van der Waals surface area contributed by atoms with Gasteiger partial charge in [-0.2, -0.15) is 5.10 Å². The van der Waals surface area contributed by atoms with Crippen LogP contribution >= 0.6 is 0 Å². The molecule has 0 saturated heterocycles. The monoisotopic (exact) mass is 344 g/mol. The standard InChI is InChI=1S/C21H20N4O/c1-14-19(12-17-13-23-21-18(17)9-6-10-22-21)15(2)25(24-14)20(26)11-16-7-4-3-5-8-16/h3-10,13H,11-12H2,1-2H3,(H,22,23). The van der Waals surface area contributed by atoms with E-state index in [0.29, 0.717) is 6.42 Å². The predicted octanol–water partition coefficient (Wildman–Crippen LogP) is 3.85. The van der Waals surface area contributed by atoms with Gasteiger partial charge in [0.1, 0.15) is 5.65 Å². The second kappa shape index (κ2) is 6.59. The molecule has 1 N–H and O–H groups in total. The van der Waals surface area contributed by atoms with Crippen LogP contribution < -0.4 is 0 Å². The normalized spacial score (nSPS) is 11.2. The molecule has 1 aromatic carbocycles. The summed E-state index contributed by atoms with van der Waals surface area (Å²) in [6.07, 6.45) is 4.83. The molecule has 3 aromatic heterocycles. The molecule has 0 spiro atoms. The molecule has 0 aliphatic rings. The van der Waals surface area contributed by atoms with Crippen molar-refractivity contribution in [3.05, 3.63) is 82.9 Å². The highest BCUT2D eigenvalue weighted by Gasteiger charge is 2.18. The van der Waals surface area contributed by atoms with Crippen molar-refractivity contribution in [3.63, 3.8) is 0 Å². The van der Waals surface area contributed by atoms with Gasteiger partial charge in [0.25, 0.3) is 5.91 Å². The Morgan fingerprint density at radius 3 is 2.73 bits per heavy atom. The van der Waals surface area contributed by atoms with Crippen molar-refractivity contribution >= 4 is 16.9 Å². The van der Waals surface area contributed by atoms with Gasteiger partial charge in [-0.1, -0.05) is 30.3 Å². The Balaban J connectivity index is 1.63. The Bertz CT molecular complexity index is 1080. The first-order chi connectivity index (χ1) is 12.6. The zero-order valence-corrected chi connectivity index (χ0v) is 14.9. The van der Waals surface area contributed by atoms with Crippen LogP contribution in [-0.2, 0) is 12.8 Å². The predicted molar refractivity (Wildman–Crippen MR) is 101 cm³/mol. The van der Waals surface area contributed by atoms with Crippen LogP contribution in [-0.4, -0.2) is 25.7 Å². The van der Waals surface area contributed by atoms with Gasteiger partial charge in [0.2, 0.25) is 0 Å². The highest BCUT2D eigenvalue weighted by atomic mass is 16.2. The number of hydrogen-bond donors (Lipinski definition) is 1. The zero-order valence-electron chi connectivity index (χ0n) is 14.9. The third kappa shape index (κ3) is 2.92. The molecular weight excluding hydrogens is 324 g/mol. The molecule has 4 rings (SSSR count). The highest BCUT2D eigenvalue weighted by Crippen LogP contribution is 2.23. The number of nitrogens with zero attached hydrogens (tertiary/aromatic N) is 3. The number of pyridine rings is 1. The van der Waals surface area contributed by atoms with Crippen LogP contribution in [0.1, 0.15) is 32.9 Å². The summed E-state index contributed by atoms with van der Waals surface area (Å²) in [7, 11) is 0. The van der Waals surface area contributed by atoms with Crippen LogP contribution in [0.4, 0.5) is 0 Å². The van der Waals surface area contributed by atoms with Crippen molar-refractivity contribution < 1.29 is 4.79 Å². The van der Waals surface area contributed by atoms with E-state index in [4.69, 9.17) is 0 Å². The van der Waals surface area contributed by atoms with Crippen molar-refractivity contribution in [1.82, 2.24) is 19.7 Å². The molecule has 0 fully saturated rings. The van der Waals surface area contributed by atoms with Crippen LogP contribution in [0.15, 0.2) is 54.9 Å². The van der Waals surface area contributed by atoms with E-state index >= 15 is 0 Å². The Kier molecular flexibility index (Phi) is 4.13. The SMILES string of the molecule is Cc1nn(C(=O)Cc2ccccc2)c(C)c1Cc1c[nH]c2ncccc12. The summed E-state index contributed by atoms with van der Waals surface area (Å²) in [4.78, 5) is 20.2. The lowest BCUT2D eigenvalue weighted by Crippen LogP contribution is -2.16. The average Bonchev–Trinajstić information content (AvgIpc) is 3.19. The Morgan fingerprint density at radius 1 is 1.12 bits per heavy atom. The molecule has 0 radical (unpaired) electrons. The van der Waals surface area contributed by atoms with Gasteiger partial charge in [-0.05, 0) is 37.1 Å². The fourth-order valence-corrected chi connectivity index (χ4v) is 3.37. The van der Waals surface area contributed by atoms with E-state index in [1.165, 1.54) is 0 Å². The van der Waals surface area contributed by atoms with Gasteiger partial charge >= 0.3 is 0 Å². The fourth-order valence-electron chi connectivity index (χ4n) is 3.37. The summed E-state index contributed by atoms with van der Waals surface area (Å²) in [5, 5.41) is 5.61. The molecular formula is C21H20N4O. The van der Waals surface area contributed by atoms with Crippen LogP contribution in [0, 0.1) is 13.8 Å².